The number of ether oxygens (including phenoxy) is 3. The van der Waals surface area contributed by atoms with Crippen LogP contribution >= 0.6 is 0 Å². The quantitative estimate of drug-likeness (QED) is 0.221. The molecule has 4 aromatic rings. The van der Waals surface area contributed by atoms with Gasteiger partial charge in [0.25, 0.3) is 0 Å². The highest BCUT2D eigenvalue weighted by atomic mass is 16.7. The van der Waals surface area contributed by atoms with Crippen molar-refractivity contribution in [1.29, 1.82) is 0 Å². The zero-order valence-corrected chi connectivity index (χ0v) is 16.4. The molecule has 1 aromatic heterocycles. The Balaban J connectivity index is 1.54. The van der Waals surface area contributed by atoms with Gasteiger partial charge >= 0.3 is 6.16 Å². The fourth-order valence-electron chi connectivity index (χ4n) is 3.01. The van der Waals surface area contributed by atoms with E-state index in [9.17, 15) is 9.59 Å². The molecular weight excluding hydrogens is 384 g/mol. The predicted molar refractivity (Wildman–Crippen MR) is 113 cm³/mol. The van der Waals surface area contributed by atoms with Crippen molar-refractivity contribution in [3.63, 3.8) is 0 Å². The van der Waals surface area contributed by atoms with Crippen molar-refractivity contribution in [2.45, 2.75) is 19.8 Å². The van der Waals surface area contributed by atoms with Crippen LogP contribution in [0, 0.1) is 0 Å². The molecule has 4 rings (SSSR count). The Bertz CT molecular complexity index is 1260. The third kappa shape index (κ3) is 4.27. The molecule has 0 radical (unpaired) electrons. The first-order valence-corrected chi connectivity index (χ1v) is 9.71. The van der Waals surface area contributed by atoms with Crippen molar-refractivity contribution in [1.82, 2.24) is 0 Å². The van der Waals surface area contributed by atoms with Gasteiger partial charge in [-0.1, -0.05) is 43.7 Å². The molecule has 0 saturated carbocycles. The maximum atomic E-state index is 12.8. The van der Waals surface area contributed by atoms with Gasteiger partial charge < -0.3 is 18.6 Å². The van der Waals surface area contributed by atoms with Gasteiger partial charge in [-0.15, -0.1) is 0 Å². The maximum absolute atomic E-state index is 12.8. The number of rotatable bonds is 6. The molecule has 30 heavy (non-hydrogen) atoms. The minimum atomic E-state index is -0.790. The van der Waals surface area contributed by atoms with E-state index in [1.165, 1.54) is 24.5 Å². The van der Waals surface area contributed by atoms with Gasteiger partial charge in [0.15, 0.2) is 0 Å². The number of carbonyl (C=O) groups excluding carboxylic acids is 1. The van der Waals surface area contributed by atoms with Gasteiger partial charge in [0.2, 0.25) is 11.2 Å². The summed E-state index contributed by atoms with van der Waals surface area (Å²) in [5, 5.41) is 2.41. The third-order valence-corrected chi connectivity index (χ3v) is 4.58. The van der Waals surface area contributed by atoms with Crippen molar-refractivity contribution < 1.29 is 23.4 Å². The lowest BCUT2D eigenvalue weighted by Crippen LogP contribution is -2.11. The second kappa shape index (κ2) is 8.69. The lowest BCUT2D eigenvalue weighted by molar-refractivity contribution is 0.0978. The van der Waals surface area contributed by atoms with Crippen LogP contribution in [0.25, 0.3) is 21.7 Å². The summed E-state index contributed by atoms with van der Waals surface area (Å²) < 4.78 is 21.4. The molecule has 0 spiro atoms. The average molecular weight is 404 g/mol. The highest BCUT2D eigenvalue weighted by molar-refractivity contribution is 5.84. The van der Waals surface area contributed by atoms with Gasteiger partial charge in [-0.25, -0.2) is 4.79 Å². The Kier molecular flexibility index (Phi) is 5.66. The number of benzene rings is 3. The number of hydrogen-bond acceptors (Lipinski definition) is 6. The lowest BCUT2D eigenvalue weighted by atomic mass is 10.1. The van der Waals surface area contributed by atoms with Crippen LogP contribution in [0.5, 0.6) is 17.2 Å². The molecule has 6 nitrogen and oxygen atoms in total. The van der Waals surface area contributed by atoms with Crippen molar-refractivity contribution in [3.8, 4) is 17.2 Å². The van der Waals surface area contributed by atoms with Crippen LogP contribution in [0.15, 0.2) is 76.1 Å². The number of fused-ring (bicyclic) bond motifs is 2. The van der Waals surface area contributed by atoms with Crippen molar-refractivity contribution >= 4 is 27.9 Å². The summed E-state index contributed by atoms with van der Waals surface area (Å²) in [6, 6.07) is 18.0. The Morgan fingerprint density at radius 1 is 0.967 bits per heavy atom. The van der Waals surface area contributed by atoms with Crippen molar-refractivity contribution in [3.05, 3.63) is 77.2 Å². The van der Waals surface area contributed by atoms with E-state index < -0.39 is 6.16 Å². The molecular formula is C24H20O6. The molecule has 6 heteroatoms. The second-order valence-corrected chi connectivity index (χ2v) is 6.75. The molecule has 0 atom stereocenters. The molecule has 3 aromatic carbocycles. The number of hydrogen-bond donors (Lipinski definition) is 0. The first kappa shape index (κ1) is 19.5. The SMILES string of the molecule is CCCCOC(=O)Oc1ccc2c(=O)c(Oc3ccc4ccccc4c3)coc2c1. The molecule has 0 N–H and O–H groups in total. The van der Waals surface area contributed by atoms with E-state index >= 15 is 0 Å². The molecule has 0 aliphatic heterocycles. The molecule has 0 saturated heterocycles. The van der Waals surface area contributed by atoms with E-state index in [4.69, 9.17) is 18.6 Å². The summed E-state index contributed by atoms with van der Waals surface area (Å²) >= 11 is 0. The van der Waals surface area contributed by atoms with Crippen molar-refractivity contribution in [2.75, 3.05) is 6.61 Å². The van der Waals surface area contributed by atoms with Crippen LogP contribution < -0.4 is 14.9 Å². The predicted octanol–water partition coefficient (Wildman–Crippen LogP) is 6.05. The smallest absolute Gasteiger partial charge is 0.460 e. The third-order valence-electron chi connectivity index (χ3n) is 4.58. The van der Waals surface area contributed by atoms with Gasteiger partial charge in [-0.2, -0.15) is 0 Å². The average Bonchev–Trinajstić information content (AvgIpc) is 2.76. The Labute approximate surface area is 172 Å². The van der Waals surface area contributed by atoms with Gasteiger partial charge in [-0.3, -0.25) is 4.79 Å². The highest BCUT2D eigenvalue weighted by Crippen LogP contribution is 2.26. The number of carbonyl (C=O) groups is 1. The van der Waals surface area contributed by atoms with Crippen LogP contribution in [-0.4, -0.2) is 12.8 Å². The summed E-state index contributed by atoms with van der Waals surface area (Å²) in [4.78, 5) is 24.5. The Hall–Kier alpha value is -3.80. The summed E-state index contributed by atoms with van der Waals surface area (Å²) in [6.07, 6.45) is 2.14. The first-order chi connectivity index (χ1) is 14.6. The maximum Gasteiger partial charge on any atom is 0.513 e. The first-order valence-electron chi connectivity index (χ1n) is 9.71. The Morgan fingerprint density at radius 2 is 1.77 bits per heavy atom. The molecule has 0 aliphatic rings. The molecule has 0 aliphatic carbocycles. The van der Waals surface area contributed by atoms with Gasteiger partial charge in [-0.05, 0) is 41.5 Å². The summed E-state index contributed by atoms with van der Waals surface area (Å²) in [7, 11) is 0. The topological polar surface area (TPSA) is 75.0 Å². The zero-order chi connectivity index (χ0) is 20.9. The van der Waals surface area contributed by atoms with Crippen LogP contribution in [0.2, 0.25) is 0 Å². The molecule has 152 valence electrons. The number of unbranched alkanes of at least 4 members (excludes halogenated alkanes) is 1. The molecule has 0 fully saturated rings. The summed E-state index contributed by atoms with van der Waals surface area (Å²) in [5.74, 6) is 0.843. The zero-order valence-electron chi connectivity index (χ0n) is 16.4. The van der Waals surface area contributed by atoms with Crippen LogP contribution in [0.4, 0.5) is 4.79 Å². The molecule has 0 bridgehead atoms. The van der Waals surface area contributed by atoms with Crippen LogP contribution in [-0.2, 0) is 4.74 Å². The van der Waals surface area contributed by atoms with Gasteiger partial charge in [0.05, 0.1) is 12.0 Å². The second-order valence-electron chi connectivity index (χ2n) is 6.75. The van der Waals surface area contributed by atoms with E-state index in [0.717, 1.165) is 23.6 Å². The normalized spacial score (nSPS) is 10.8. The molecule has 0 amide bonds. The standard InChI is InChI=1S/C24H20O6/c1-2-3-12-27-24(26)30-19-10-11-20-21(14-19)28-15-22(23(20)25)29-18-9-8-16-6-4-5-7-17(16)13-18/h4-11,13-15H,2-3,12H2,1H3. The summed E-state index contributed by atoms with van der Waals surface area (Å²) in [5.41, 5.74) is -0.0359. The fourth-order valence-corrected chi connectivity index (χ4v) is 3.01. The minimum absolute atomic E-state index is 0.0745. The van der Waals surface area contributed by atoms with Gasteiger partial charge in [0.1, 0.15) is 23.3 Å². The molecule has 0 unspecified atom stereocenters. The lowest BCUT2D eigenvalue weighted by Gasteiger charge is -2.08. The van der Waals surface area contributed by atoms with E-state index in [2.05, 4.69) is 0 Å². The fraction of sp³-hybridized carbons (Fsp3) is 0.167. The van der Waals surface area contributed by atoms with Crippen LogP contribution in [0.1, 0.15) is 19.8 Å². The largest absolute Gasteiger partial charge is 0.513 e. The van der Waals surface area contributed by atoms with E-state index in [1.807, 2.05) is 43.3 Å². The minimum Gasteiger partial charge on any atom is -0.460 e. The van der Waals surface area contributed by atoms with E-state index in [0.29, 0.717) is 17.7 Å². The highest BCUT2D eigenvalue weighted by Gasteiger charge is 2.12. The Morgan fingerprint density at radius 3 is 2.60 bits per heavy atom. The van der Waals surface area contributed by atoms with E-state index in [-0.39, 0.29) is 22.5 Å². The summed E-state index contributed by atoms with van der Waals surface area (Å²) in [6.45, 7) is 2.30. The van der Waals surface area contributed by atoms with E-state index in [1.54, 1.807) is 6.07 Å². The van der Waals surface area contributed by atoms with Crippen molar-refractivity contribution in [2.24, 2.45) is 0 Å². The monoisotopic (exact) mass is 404 g/mol. The van der Waals surface area contributed by atoms with Gasteiger partial charge in [0, 0.05) is 6.07 Å². The van der Waals surface area contributed by atoms with Crippen LogP contribution in [0.3, 0.4) is 0 Å². The molecule has 1 heterocycles.